The molecular weight excluding hydrogens is 454 g/mol. The van der Waals surface area contributed by atoms with Gasteiger partial charge >= 0.3 is 6.18 Å². The first-order valence-electron chi connectivity index (χ1n) is 11.4. The molecule has 6 nitrogen and oxygen atoms in total. The molecule has 0 saturated carbocycles. The van der Waals surface area contributed by atoms with Gasteiger partial charge in [0.1, 0.15) is 11.5 Å². The third-order valence-electron chi connectivity index (χ3n) is 6.60. The molecule has 34 heavy (non-hydrogen) atoms. The lowest BCUT2D eigenvalue weighted by atomic mass is 10.0. The van der Waals surface area contributed by atoms with Gasteiger partial charge in [-0.1, -0.05) is 13.0 Å². The molecule has 2 aromatic rings. The first kappa shape index (κ1) is 24.3. The molecule has 1 fully saturated rings. The highest BCUT2D eigenvalue weighted by molar-refractivity contribution is 6.01. The van der Waals surface area contributed by atoms with Crippen LogP contribution >= 0.6 is 0 Å². The molecule has 1 aromatic heterocycles. The molecule has 2 unspecified atom stereocenters. The summed E-state index contributed by atoms with van der Waals surface area (Å²) in [5.74, 6) is -2.01. The largest absolute Gasteiger partial charge is 0.419 e. The van der Waals surface area contributed by atoms with Crippen LogP contribution in [0.1, 0.15) is 76.8 Å². The fourth-order valence-corrected chi connectivity index (χ4v) is 4.72. The van der Waals surface area contributed by atoms with E-state index in [1.807, 2.05) is 11.5 Å². The van der Waals surface area contributed by atoms with Crippen LogP contribution in [0.25, 0.3) is 0 Å². The number of amides is 2. The summed E-state index contributed by atoms with van der Waals surface area (Å²) in [6, 6.07) is 3.63. The number of hydrogen-bond donors (Lipinski definition) is 1. The van der Waals surface area contributed by atoms with Crippen molar-refractivity contribution < 1.29 is 31.9 Å². The summed E-state index contributed by atoms with van der Waals surface area (Å²) in [6.45, 7) is 5.42. The van der Waals surface area contributed by atoms with Gasteiger partial charge in [0.15, 0.2) is 0 Å². The van der Waals surface area contributed by atoms with Crippen molar-refractivity contribution in [1.29, 1.82) is 0 Å². The molecule has 0 bridgehead atoms. The molecule has 4 rings (SSSR count). The van der Waals surface area contributed by atoms with Gasteiger partial charge in [-0.15, -0.1) is 0 Å². The summed E-state index contributed by atoms with van der Waals surface area (Å²) in [6.07, 6.45) is -2.61. The van der Waals surface area contributed by atoms with Crippen LogP contribution < -0.4 is 5.32 Å². The average molecular weight is 481 g/mol. The molecule has 3 heterocycles. The second-order valence-electron chi connectivity index (χ2n) is 8.76. The molecule has 184 valence electrons. The van der Waals surface area contributed by atoms with Crippen molar-refractivity contribution in [1.82, 2.24) is 14.8 Å². The maximum atomic E-state index is 14.1. The Kier molecular flexibility index (Phi) is 6.71. The maximum absolute atomic E-state index is 14.1. The Morgan fingerprint density at radius 1 is 1.24 bits per heavy atom. The van der Waals surface area contributed by atoms with Gasteiger partial charge in [-0.3, -0.25) is 9.59 Å². The minimum absolute atomic E-state index is 0.120. The highest BCUT2D eigenvalue weighted by Gasteiger charge is 2.35. The Bertz CT molecular complexity index is 1100. The number of ether oxygens (including phenoxy) is 1. The lowest BCUT2D eigenvalue weighted by molar-refractivity contribution is -0.140. The molecule has 2 atom stereocenters. The van der Waals surface area contributed by atoms with Gasteiger partial charge in [0, 0.05) is 19.1 Å². The van der Waals surface area contributed by atoms with Crippen LogP contribution in [0.15, 0.2) is 24.3 Å². The van der Waals surface area contributed by atoms with E-state index in [1.165, 1.54) is 6.07 Å². The van der Waals surface area contributed by atoms with Gasteiger partial charge in [-0.25, -0.2) is 4.39 Å². The summed E-state index contributed by atoms with van der Waals surface area (Å²) in [5.41, 5.74) is 0.155. The first-order chi connectivity index (χ1) is 16.1. The number of nitrogens with zero attached hydrogens (tertiary/aromatic N) is 2. The number of benzene rings is 1. The monoisotopic (exact) mass is 481 g/mol. The molecule has 10 heteroatoms. The highest BCUT2D eigenvalue weighted by Crippen LogP contribution is 2.33. The number of halogens is 4. The van der Waals surface area contributed by atoms with Crippen LogP contribution in [0.4, 0.5) is 17.6 Å². The van der Waals surface area contributed by atoms with Crippen molar-refractivity contribution >= 4 is 11.8 Å². The van der Waals surface area contributed by atoms with Crippen LogP contribution in [-0.2, 0) is 24.1 Å². The summed E-state index contributed by atoms with van der Waals surface area (Å²) in [7, 11) is 0. The summed E-state index contributed by atoms with van der Waals surface area (Å²) in [5, 5.41) is 2.78. The molecule has 2 aliphatic heterocycles. The topological polar surface area (TPSA) is 63.6 Å². The van der Waals surface area contributed by atoms with Crippen molar-refractivity contribution in [3.8, 4) is 0 Å². The zero-order valence-electron chi connectivity index (χ0n) is 19.0. The summed E-state index contributed by atoms with van der Waals surface area (Å²) >= 11 is 0. The standard InChI is InChI=1S/C24H27F4N3O3/c1-3-19(15-6-7-17(18(25)11-15)24(26,27)28)29-22(32)16-12-20(31-9-10-34-13-21(16)31)23(33)30-8-4-5-14(30)2/h6-7,11-12,14,19H,3-5,8-10,13H2,1-2H3,(H,29,32). The van der Waals surface area contributed by atoms with Crippen LogP contribution in [-0.4, -0.2) is 40.5 Å². The molecule has 1 N–H and O–H groups in total. The van der Waals surface area contributed by atoms with E-state index >= 15 is 0 Å². The Morgan fingerprint density at radius 2 is 2.00 bits per heavy atom. The number of fused-ring (bicyclic) bond motifs is 1. The van der Waals surface area contributed by atoms with Gasteiger partial charge in [0.25, 0.3) is 11.8 Å². The van der Waals surface area contributed by atoms with Crippen molar-refractivity contribution in [2.45, 2.75) is 64.5 Å². The van der Waals surface area contributed by atoms with E-state index in [1.54, 1.807) is 17.9 Å². The fraction of sp³-hybridized carbons (Fsp3) is 0.500. The second-order valence-corrected chi connectivity index (χ2v) is 8.76. The number of carbonyl (C=O) groups is 2. The van der Waals surface area contributed by atoms with Gasteiger partial charge < -0.3 is 19.5 Å². The van der Waals surface area contributed by atoms with Crippen LogP contribution in [0.5, 0.6) is 0 Å². The molecule has 0 radical (unpaired) electrons. The number of hydrogen-bond acceptors (Lipinski definition) is 3. The predicted molar refractivity (Wildman–Crippen MR) is 116 cm³/mol. The quantitative estimate of drug-likeness (QED) is 0.631. The minimum Gasteiger partial charge on any atom is -0.373 e. The Labute approximate surface area is 194 Å². The normalized spacial score (nSPS) is 19.1. The van der Waals surface area contributed by atoms with Gasteiger partial charge in [-0.2, -0.15) is 13.2 Å². The number of carbonyl (C=O) groups excluding carboxylic acids is 2. The zero-order chi connectivity index (χ0) is 24.6. The highest BCUT2D eigenvalue weighted by atomic mass is 19.4. The summed E-state index contributed by atoms with van der Waals surface area (Å²) < 4.78 is 60.1. The minimum atomic E-state index is -4.80. The number of rotatable bonds is 5. The molecule has 0 spiro atoms. The molecule has 2 amide bonds. The number of likely N-dealkylation sites (tertiary alicyclic amines) is 1. The second kappa shape index (κ2) is 9.40. The van der Waals surface area contributed by atoms with E-state index in [0.717, 1.165) is 18.9 Å². The van der Waals surface area contributed by atoms with E-state index in [4.69, 9.17) is 4.74 Å². The SMILES string of the molecule is CCC(NC(=O)c1cc(C(=O)N2CCCC2C)n2c1COCC2)c1ccc(C(F)(F)F)c(F)c1. The Hall–Kier alpha value is -2.88. The van der Waals surface area contributed by atoms with Gasteiger partial charge in [0.2, 0.25) is 0 Å². The smallest absolute Gasteiger partial charge is 0.373 e. The van der Waals surface area contributed by atoms with Crippen molar-refractivity contribution in [2.75, 3.05) is 13.2 Å². The third kappa shape index (κ3) is 4.55. The van der Waals surface area contributed by atoms with Gasteiger partial charge in [-0.05, 0) is 49.9 Å². The van der Waals surface area contributed by atoms with Gasteiger partial charge in [0.05, 0.1) is 36.1 Å². The van der Waals surface area contributed by atoms with E-state index in [0.29, 0.717) is 43.6 Å². The predicted octanol–water partition coefficient (Wildman–Crippen LogP) is 4.68. The number of nitrogens with one attached hydrogen (secondary N) is 1. The van der Waals surface area contributed by atoms with Crippen molar-refractivity contribution in [3.05, 3.63) is 58.2 Å². The van der Waals surface area contributed by atoms with Crippen molar-refractivity contribution in [2.24, 2.45) is 0 Å². The van der Waals surface area contributed by atoms with E-state index < -0.39 is 29.5 Å². The van der Waals surface area contributed by atoms with E-state index in [9.17, 15) is 27.2 Å². The van der Waals surface area contributed by atoms with E-state index in [2.05, 4.69) is 5.32 Å². The average Bonchev–Trinajstić information content (AvgIpc) is 3.39. The van der Waals surface area contributed by atoms with Crippen LogP contribution in [0, 0.1) is 5.82 Å². The molecule has 1 aromatic carbocycles. The summed E-state index contributed by atoms with van der Waals surface area (Å²) in [4.78, 5) is 28.2. The van der Waals surface area contributed by atoms with Crippen LogP contribution in [0.2, 0.25) is 0 Å². The molecular formula is C24H27F4N3O3. The lowest BCUT2D eigenvalue weighted by Gasteiger charge is -2.24. The zero-order valence-corrected chi connectivity index (χ0v) is 19.0. The Balaban J connectivity index is 1.61. The number of alkyl halides is 3. The maximum Gasteiger partial charge on any atom is 0.419 e. The molecule has 0 aliphatic carbocycles. The lowest BCUT2D eigenvalue weighted by Crippen LogP contribution is -2.35. The number of aromatic nitrogens is 1. The third-order valence-corrected chi connectivity index (χ3v) is 6.60. The molecule has 1 saturated heterocycles. The molecule has 2 aliphatic rings. The van der Waals surface area contributed by atoms with Crippen LogP contribution in [0.3, 0.4) is 0 Å². The fourth-order valence-electron chi connectivity index (χ4n) is 4.72. The van der Waals surface area contributed by atoms with E-state index in [-0.39, 0.29) is 29.7 Å². The van der Waals surface area contributed by atoms with Crippen molar-refractivity contribution in [3.63, 3.8) is 0 Å². The Morgan fingerprint density at radius 3 is 2.62 bits per heavy atom. The first-order valence-corrected chi connectivity index (χ1v) is 11.4.